The number of rotatable bonds is 6. The second-order valence-corrected chi connectivity index (χ2v) is 4.28. The third-order valence-corrected chi connectivity index (χ3v) is 2.63. The van der Waals surface area contributed by atoms with Gasteiger partial charge in [0.25, 0.3) is 0 Å². The first-order valence-corrected chi connectivity index (χ1v) is 5.98. The minimum atomic E-state index is -0.377. The van der Waals surface area contributed by atoms with E-state index in [1.54, 1.807) is 6.07 Å². The molecule has 0 amide bonds. The molecule has 0 aliphatic carbocycles. The van der Waals surface area contributed by atoms with E-state index in [4.69, 9.17) is 15.9 Å². The van der Waals surface area contributed by atoms with Crippen LogP contribution in [-0.4, -0.2) is 19.2 Å². The fourth-order valence-corrected chi connectivity index (χ4v) is 1.75. The molecule has 0 spiro atoms. The van der Waals surface area contributed by atoms with Crippen molar-refractivity contribution in [3.05, 3.63) is 28.2 Å². The molecule has 102 valence electrons. The van der Waals surface area contributed by atoms with Gasteiger partial charge in [-0.1, -0.05) is 6.07 Å². The van der Waals surface area contributed by atoms with Crippen molar-refractivity contribution in [1.82, 2.24) is 5.32 Å². The Morgan fingerprint density at radius 3 is 2.78 bits per heavy atom. The lowest BCUT2D eigenvalue weighted by Gasteiger charge is -2.09. The first-order chi connectivity index (χ1) is 8.13. The van der Waals surface area contributed by atoms with Crippen LogP contribution in [0, 0.1) is 5.41 Å². The lowest BCUT2D eigenvalue weighted by Crippen LogP contribution is -2.29. The fraction of sp³-hybridized carbons (Fsp3) is 0.364. The average molecular weight is 341 g/mol. The molecule has 0 heterocycles. The van der Waals surface area contributed by atoms with E-state index in [9.17, 15) is 4.39 Å². The lowest BCUT2D eigenvalue weighted by molar-refractivity contribution is 0.288. The summed E-state index contributed by atoms with van der Waals surface area (Å²) in [7, 11) is 0. The number of ether oxygens (including phenoxy) is 1. The summed E-state index contributed by atoms with van der Waals surface area (Å²) in [5.41, 5.74) is 6.17. The van der Waals surface area contributed by atoms with Crippen LogP contribution in [-0.2, 0) is 6.54 Å². The first kappa shape index (κ1) is 17.0. The Morgan fingerprint density at radius 1 is 1.50 bits per heavy atom. The minimum Gasteiger partial charge on any atom is -0.492 e. The van der Waals surface area contributed by atoms with Crippen LogP contribution in [0.25, 0.3) is 0 Å². The molecule has 1 aromatic carbocycles. The van der Waals surface area contributed by atoms with Gasteiger partial charge in [0.05, 0.1) is 17.8 Å². The van der Waals surface area contributed by atoms with Crippen LogP contribution in [0.15, 0.2) is 22.7 Å². The van der Waals surface area contributed by atoms with E-state index in [2.05, 4.69) is 21.2 Å². The molecule has 0 saturated heterocycles. The van der Waals surface area contributed by atoms with Gasteiger partial charge in [-0.25, -0.2) is 0 Å². The van der Waals surface area contributed by atoms with Gasteiger partial charge in [0.1, 0.15) is 5.75 Å². The molecule has 1 rings (SSSR count). The maximum Gasteiger partial charge on any atom is 0.185 e. The minimum absolute atomic E-state index is 0. The van der Waals surface area contributed by atoms with Crippen molar-refractivity contribution in [3.8, 4) is 5.75 Å². The molecule has 4 N–H and O–H groups in total. The van der Waals surface area contributed by atoms with Crippen LogP contribution >= 0.6 is 28.3 Å². The molecule has 1 aromatic rings. The van der Waals surface area contributed by atoms with Gasteiger partial charge in [-0.2, -0.15) is 0 Å². The van der Waals surface area contributed by atoms with Gasteiger partial charge < -0.3 is 15.8 Å². The van der Waals surface area contributed by atoms with Crippen molar-refractivity contribution in [2.24, 2.45) is 5.73 Å². The van der Waals surface area contributed by atoms with Crippen LogP contribution < -0.4 is 15.8 Å². The molecule has 18 heavy (non-hydrogen) atoms. The zero-order valence-electron chi connectivity index (χ0n) is 9.71. The van der Waals surface area contributed by atoms with Crippen molar-refractivity contribution in [3.63, 3.8) is 0 Å². The summed E-state index contributed by atoms with van der Waals surface area (Å²) >= 11 is 3.37. The highest BCUT2D eigenvalue weighted by Crippen LogP contribution is 2.26. The van der Waals surface area contributed by atoms with Crippen molar-refractivity contribution in [2.45, 2.75) is 13.0 Å². The van der Waals surface area contributed by atoms with Gasteiger partial charge in [-0.3, -0.25) is 9.80 Å². The normalized spacial score (nSPS) is 9.44. The Hall–Kier alpha value is -1.01. The number of nitrogens with two attached hydrogens (primary N) is 1. The fourth-order valence-electron chi connectivity index (χ4n) is 1.21. The van der Waals surface area contributed by atoms with Gasteiger partial charge >= 0.3 is 0 Å². The second-order valence-electron chi connectivity index (χ2n) is 3.42. The van der Waals surface area contributed by atoms with E-state index in [-0.39, 0.29) is 25.0 Å². The number of guanidine groups is 1. The van der Waals surface area contributed by atoms with Crippen LogP contribution in [0.4, 0.5) is 4.39 Å². The Labute approximate surface area is 120 Å². The predicted molar refractivity (Wildman–Crippen MR) is 76.2 cm³/mol. The van der Waals surface area contributed by atoms with Crippen LogP contribution in [0.5, 0.6) is 5.75 Å². The number of halogens is 3. The van der Waals surface area contributed by atoms with E-state index < -0.39 is 0 Å². The van der Waals surface area contributed by atoms with E-state index in [0.717, 1.165) is 10.0 Å². The molecule has 0 bridgehead atoms. The number of alkyl halides is 1. The number of hydrogen-bond donors (Lipinski definition) is 3. The Bertz CT molecular complexity index is 393. The van der Waals surface area contributed by atoms with E-state index in [1.807, 2.05) is 12.1 Å². The van der Waals surface area contributed by atoms with Crippen molar-refractivity contribution >= 4 is 34.3 Å². The SMILES string of the molecule is Cl.N=C(N)NCc1ccc(OCCCF)c(Br)c1. The highest BCUT2D eigenvalue weighted by Gasteiger charge is 2.03. The first-order valence-electron chi connectivity index (χ1n) is 5.18. The topological polar surface area (TPSA) is 71.1 Å². The molecule has 0 unspecified atom stereocenters. The zero-order valence-corrected chi connectivity index (χ0v) is 12.1. The molecule has 0 aliphatic rings. The van der Waals surface area contributed by atoms with Gasteiger partial charge in [-0.15, -0.1) is 12.4 Å². The largest absolute Gasteiger partial charge is 0.492 e. The Morgan fingerprint density at radius 2 is 2.22 bits per heavy atom. The number of benzene rings is 1. The summed E-state index contributed by atoms with van der Waals surface area (Å²) in [6.45, 7) is 0.469. The molecule has 7 heteroatoms. The van der Waals surface area contributed by atoms with E-state index in [1.165, 1.54) is 0 Å². The Kier molecular flexibility index (Phi) is 8.49. The molecular formula is C11H16BrClFN3O. The molecule has 0 aliphatic heterocycles. The van der Waals surface area contributed by atoms with Gasteiger partial charge in [0.15, 0.2) is 5.96 Å². The van der Waals surface area contributed by atoms with E-state index in [0.29, 0.717) is 25.3 Å². The summed E-state index contributed by atoms with van der Waals surface area (Å²) in [5, 5.41) is 9.76. The van der Waals surface area contributed by atoms with Crippen LogP contribution in [0.1, 0.15) is 12.0 Å². The average Bonchev–Trinajstić information content (AvgIpc) is 2.29. The highest BCUT2D eigenvalue weighted by molar-refractivity contribution is 9.10. The predicted octanol–water partition coefficient (Wildman–Crippen LogP) is 2.59. The quantitative estimate of drug-likeness (QED) is 0.423. The van der Waals surface area contributed by atoms with Crippen molar-refractivity contribution in [2.75, 3.05) is 13.3 Å². The summed E-state index contributed by atoms with van der Waals surface area (Å²) in [4.78, 5) is 0. The molecule has 0 aromatic heterocycles. The maximum absolute atomic E-state index is 11.9. The van der Waals surface area contributed by atoms with Crippen molar-refractivity contribution < 1.29 is 9.13 Å². The zero-order chi connectivity index (χ0) is 12.7. The van der Waals surface area contributed by atoms with Gasteiger partial charge in [0, 0.05) is 13.0 Å². The third-order valence-electron chi connectivity index (χ3n) is 2.01. The molecule has 0 atom stereocenters. The maximum atomic E-state index is 11.9. The molecule has 0 radical (unpaired) electrons. The highest BCUT2D eigenvalue weighted by atomic mass is 79.9. The molecule has 0 fully saturated rings. The standard InChI is InChI=1S/C11H15BrFN3O.ClH/c12-9-6-8(7-16-11(14)15)2-3-10(9)17-5-1-4-13;/h2-3,6H,1,4-5,7H2,(H4,14,15,16);1H. The smallest absolute Gasteiger partial charge is 0.185 e. The molecule has 0 saturated carbocycles. The summed E-state index contributed by atoms with van der Waals surface area (Å²) in [6, 6.07) is 5.55. The second kappa shape index (κ2) is 8.99. The lowest BCUT2D eigenvalue weighted by atomic mass is 10.2. The molecular weight excluding hydrogens is 324 g/mol. The van der Waals surface area contributed by atoms with E-state index >= 15 is 0 Å². The van der Waals surface area contributed by atoms with Gasteiger partial charge in [0.2, 0.25) is 0 Å². The van der Waals surface area contributed by atoms with Crippen molar-refractivity contribution in [1.29, 1.82) is 5.41 Å². The summed E-state index contributed by atoms with van der Waals surface area (Å²) in [6.07, 6.45) is 0.389. The Balaban J connectivity index is 0.00000289. The number of hydrogen-bond acceptors (Lipinski definition) is 2. The summed E-state index contributed by atoms with van der Waals surface area (Å²) in [5.74, 6) is 0.620. The number of nitrogens with one attached hydrogen (secondary N) is 2. The molecule has 4 nitrogen and oxygen atoms in total. The summed E-state index contributed by atoms with van der Waals surface area (Å²) < 4.78 is 18.1. The van der Waals surface area contributed by atoms with Gasteiger partial charge in [-0.05, 0) is 33.6 Å². The third kappa shape index (κ3) is 6.07. The monoisotopic (exact) mass is 339 g/mol. The van der Waals surface area contributed by atoms with Crippen LogP contribution in [0.3, 0.4) is 0 Å². The van der Waals surface area contributed by atoms with Crippen LogP contribution in [0.2, 0.25) is 0 Å².